The number of carbonyl (C=O) groups excluding carboxylic acids is 1. The van der Waals surface area contributed by atoms with Crippen LogP contribution in [0, 0.1) is 5.92 Å². The number of nitrogens with one attached hydrogen (secondary N) is 2. The summed E-state index contributed by atoms with van der Waals surface area (Å²) in [4.78, 5) is 32.8. The van der Waals surface area contributed by atoms with Gasteiger partial charge < -0.3 is 55.5 Å². The highest BCUT2D eigenvalue weighted by atomic mass is 16.6. The predicted molar refractivity (Wildman–Crippen MR) is 276 cm³/mol. The number of nitrogens with two attached hydrogens (primary N) is 1. The van der Waals surface area contributed by atoms with Gasteiger partial charge in [-0.25, -0.2) is 4.98 Å². The van der Waals surface area contributed by atoms with Crippen molar-refractivity contribution in [2.24, 2.45) is 15.9 Å². The highest BCUT2D eigenvalue weighted by Gasteiger charge is 2.45. The number of unbranched alkanes of at least 4 members (excludes halogenated alkanes) is 2. The number of hydrogen-bond acceptors (Lipinski definition) is 14. The zero-order valence-corrected chi connectivity index (χ0v) is 41.5. The number of aromatic nitrogens is 2. The molecule has 0 amide bonds. The number of anilines is 1. The van der Waals surface area contributed by atoms with E-state index in [1.807, 2.05) is 42.6 Å². The lowest BCUT2D eigenvalue weighted by molar-refractivity contribution is -0.165. The van der Waals surface area contributed by atoms with Gasteiger partial charge in [-0.2, -0.15) is 0 Å². The minimum Gasteiger partial charge on any atom is -0.504 e. The Labute approximate surface area is 422 Å². The van der Waals surface area contributed by atoms with Gasteiger partial charge in [-0.3, -0.25) is 19.8 Å². The molecule has 1 spiro atoms. The molecule has 7 atom stereocenters. The topological polar surface area (TPSA) is 218 Å². The molecule has 382 valence electrons. The van der Waals surface area contributed by atoms with Crippen molar-refractivity contribution in [2.45, 2.75) is 146 Å². The molecule has 2 aromatic heterocycles. The number of phenols is 3. The normalized spacial score (nSPS) is 24.5. The standard InChI is InChI=1S/C56H70N8O8/c1-3-4-5-11-40(48-29-44(70-36(2)65)30-49(72-48)42-27-47(67)54(68)51(28-42)69-23-17-38-10-7-19-58-33-38)24-39-13-14-46(66)50(25-39)71-43-12-6-18-56(31-43)32-53(64-34-41-16-22-59-45(41)35-64)62-55(63-56)61-20-8-9-37-15-21-60-52(57)26-37/h7,10,13-16,19,21-22,25-28,33,35,40,43-44,48-49,53,66-68H,3-6,8-9,11-12,17-18,20,23-24,29-32,34H2,1-2H3,(H2,57,60)(H2,61,62,63)/t40-,43-,44-,48-,49+,53-,56+/m1/s1. The second-order valence-electron chi connectivity index (χ2n) is 20.2. The molecule has 1 saturated carbocycles. The maximum Gasteiger partial charge on any atom is 0.302 e. The SMILES string of the molecule is CCCCC[C@H](Cc1ccc(O)c(O[C@@H]2CCC[C@]3(C2)C[C@@H](N2C=C4N=CC=C4C2)NC(=NCCCc2ccnc(N)c2)N3)c1)[C@H]1C[C@@H](OC(C)=O)C[C@@H](c2cc(O)c(O)c(OCCc3cccnc3)c2)O1. The van der Waals surface area contributed by atoms with E-state index in [-0.39, 0.29) is 65.4 Å². The Morgan fingerprint density at radius 3 is 2.71 bits per heavy atom. The maximum absolute atomic E-state index is 12.5. The Bertz CT molecular complexity index is 2640. The molecule has 4 aliphatic heterocycles. The first-order chi connectivity index (χ1) is 35.0. The fourth-order valence-corrected chi connectivity index (χ4v) is 11.1. The fourth-order valence-electron chi connectivity index (χ4n) is 11.1. The van der Waals surface area contributed by atoms with Gasteiger partial charge in [0.1, 0.15) is 24.2 Å². The summed E-state index contributed by atoms with van der Waals surface area (Å²) in [5, 5.41) is 40.7. The quantitative estimate of drug-likeness (QED) is 0.0278. The van der Waals surface area contributed by atoms with E-state index in [2.05, 4.69) is 49.7 Å². The lowest BCUT2D eigenvalue weighted by Gasteiger charge is -2.49. The summed E-state index contributed by atoms with van der Waals surface area (Å²) in [6.07, 6.45) is 21.9. The molecular formula is C56H70N8O8. The van der Waals surface area contributed by atoms with Crippen molar-refractivity contribution in [3.05, 3.63) is 119 Å². The van der Waals surface area contributed by atoms with Gasteiger partial charge in [0.05, 0.1) is 24.5 Å². The number of nitrogens with zero attached hydrogens (tertiary/aromatic N) is 5. The number of pyridine rings is 2. The molecule has 16 nitrogen and oxygen atoms in total. The van der Waals surface area contributed by atoms with Crippen molar-refractivity contribution >= 4 is 24.0 Å². The second-order valence-corrected chi connectivity index (χ2v) is 20.2. The minimum absolute atomic E-state index is 0.000586. The summed E-state index contributed by atoms with van der Waals surface area (Å²) in [5.74, 6) is 0.978. The molecule has 2 aromatic carbocycles. The number of esters is 1. The van der Waals surface area contributed by atoms with Crippen LogP contribution < -0.4 is 25.8 Å². The Morgan fingerprint density at radius 2 is 1.89 bits per heavy atom. The largest absolute Gasteiger partial charge is 0.504 e. The number of phenolic OH excluding ortho intramolecular Hbond substituents is 3. The number of aryl methyl sites for hydroxylation is 1. The molecule has 9 rings (SSSR count). The third-order valence-electron chi connectivity index (χ3n) is 14.7. The summed E-state index contributed by atoms with van der Waals surface area (Å²) < 4.78 is 25.7. The minimum atomic E-state index is -0.556. The molecule has 3 fully saturated rings. The Kier molecular flexibility index (Phi) is 16.1. The number of fused-ring (bicyclic) bond motifs is 1. The van der Waals surface area contributed by atoms with Crippen LogP contribution in [0.3, 0.4) is 0 Å². The first kappa shape index (κ1) is 50.1. The van der Waals surface area contributed by atoms with Gasteiger partial charge in [-0.05, 0) is 122 Å². The van der Waals surface area contributed by atoms with Crippen LogP contribution >= 0.6 is 0 Å². The van der Waals surface area contributed by atoms with E-state index in [4.69, 9.17) is 29.7 Å². The van der Waals surface area contributed by atoms with E-state index < -0.39 is 12.2 Å². The number of guanidine groups is 1. The number of rotatable bonds is 20. The molecule has 7 N–H and O–H groups in total. The summed E-state index contributed by atoms with van der Waals surface area (Å²) in [6, 6.07) is 16.6. The molecule has 4 aromatic rings. The third-order valence-corrected chi connectivity index (χ3v) is 14.7. The van der Waals surface area contributed by atoms with Crippen LogP contribution in [0.25, 0.3) is 0 Å². The number of nitrogen functional groups attached to an aromatic ring is 1. The Morgan fingerprint density at radius 1 is 0.986 bits per heavy atom. The van der Waals surface area contributed by atoms with Gasteiger partial charge in [-0.1, -0.05) is 38.3 Å². The first-order valence-electron chi connectivity index (χ1n) is 25.9. The average Bonchev–Trinajstić information content (AvgIpc) is 3.99. The van der Waals surface area contributed by atoms with E-state index in [9.17, 15) is 20.1 Å². The Hall–Kier alpha value is -6.81. The number of ether oxygens (including phenoxy) is 4. The zero-order chi connectivity index (χ0) is 50.0. The van der Waals surface area contributed by atoms with Crippen LogP contribution in [0.2, 0.25) is 0 Å². The van der Waals surface area contributed by atoms with Crippen LogP contribution in [0.5, 0.6) is 28.7 Å². The fraction of sp³-hybridized carbons (Fsp3) is 0.482. The van der Waals surface area contributed by atoms with Gasteiger partial charge in [0.15, 0.2) is 29.0 Å². The van der Waals surface area contributed by atoms with E-state index in [1.165, 1.54) is 18.6 Å². The van der Waals surface area contributed by atoms with Crippen LogP contribution in [0.1, 0.15) is 119 Å². The number of benzene rings is 2. The summed E-state index contributed by atoms with van der Waals surface area (Å²) in [7, 11) is 0. The maximum atomic E-state index is 12.5. The van der Waals surface area contributed by atoms with Crippen molar-refractivity contribution < 1.29 is 39.1 Å². The van der Waals surface area contributed by atoms with Crippen molar-refractivity contribution in [1.29, 1.82) is 0 Å². The zero-order valence-electron chi connectivity index (χ0n) is 41.5. The number of allylic oxidation sites excluding steroid dienone is 1. The molecule has 0 radical (unpaired) electrons. The molecule has 0 unspecified atom stereocenters. The van der Waals surface area contributed by atoms with E-state index in [0.29, 0.717) is 49.4 Å². The van der Waals surface area contributed by atoms with Crippen LogP contribution in [0.4, 0.5) is 5.82 Å². The van der Waals surface area contributed by atoms with E-state index in [0.717, 1.165) is 106 Å². The van der Waals surface area contributed by atoms with Gasteiger partial charge >= 0.3 is 5.97 Å². The van der Waals surface area contributed by atoms with Crippen LogP contribution in [-0.4, -0.2) is 98.0 Å². The lowest BCUT2D eigenvalue weighted by atomic mass is 9.76. The number of aromatic hydroxyl groups is 3. The molecule has 2 saturated heterocycles. The monoisotopic (exact) mass is 983 g/mol. The van der Waals surface area contributed by atoms with Crippen LogP contribution in [-0.2, 0) is 33.5 Å². The van der Waals surface area contributed by atoms with Crippen molar-refractivity contribution in [3.63, 3.8) is 0 Å². The summed E-state index contributed by atoms with van der Waals surface area (Å²) >= 11 is 0. The van der Waals surface area contributed by atoms with E-state index >= 15 is 0 Å². The van der Waals surface area contributed by atoms with Gasteiger partial charge in [0, 0.05) is 94.2 Å². The highest BCUT2D eigenvalue weighted by Crippen LogP contribution is 2.45. The number of aliphatic imine (C=N–C) groups is 2. The van der Waals surface area contributed by atoms with Gasteiger partial charge in [0.2, 0.25) is 5.75 Å². The Balaban J connectivity index is 0.904. The molecule has 1 aliphatic carbocycles. The van der Waals surface area contributed by atoms with Crippen LogP contribution in [0.15, 0.2) is 107 Å². The number of carbonyl (C=O) groups is 1. The second kappa shape index (κ2) is 23.2. The average molecular weight is 983 g/mol. The molecule has 6 heterocycles. The van der Waals surface area contributed by atoms with Crippen molar-refractivity contribution in [2.75, 3.05) is 25.4 Å². The first-order valence-corrected chi connectivity index (χ1v) is 25.9. The van der Waals surface area contributed by atoms with Gasteiger partial charge in [-0.15, -0.1) is 0 Å². The lowest BCUT2D eigenvalue weighted by Crippen LogP contribution is -2.67. The predicted octanol–water partition coefficient (Wildman–Crippen LogP) is 8.51. The van der Waals surface area contributed by atoms with Gasteiger partial charge in [0.25, 0.3) is 0 Å². The molecule has 16 heteroatoms. The smallest absolute Gasteiger partial charge is 0.302 e. The molecule has 5 aliphatic rings. The summed E-state index contributed by atoms with van der Waals surface area (Å²) in [6.45, 7) is 5.28. The summed E-state index contributed by atoms with van der Waals surface area (Å²) in [5.41, 5.74) is 11.6. The van der Waals surface area contributed by atoms with Crippen molar-refractivity contribution in [3.8, 4) is 28.7 Å². The molecule has 0 bridgehead atoms. The third kappa shape index (κ3) is 12.8. The molecular weight excluding hydrogens is 913 g/mol. The van der Waals surface area contributed by atoms with Crippen molar-refractivity contribution in [1.82, 2.24) is 25.5 Å². The van der Waals surface area contributed by atoms with E-state index in [1.54, 1.807) is 30.7 Å². The molecule has 72 heavy (non-hydrogen) atoms. The highest BCUT2D eigenvalue weighted by molar-refractivity contribution is 5.82. The number of hydrogen-bond donors (Lipinski definition) is 6.